The van der Waals surface area contributed by atoms with Crippen LogP contribution in [0.25, 0.3) is 0 Å². The fourth-order valence-corrected chi connectivity index (χ4v) is 4.03. The summed E-state index contributed by atoms with van der Waals surface area (Å²) in [4.78, 5) is 23.3. The maximum absolute atomic E-state index is 12.2. The highest BCUT2D eigenvalue weighted by molar-refractivity contribution is 5.88. The Bertz CT molecular complexity index is 399. The number of aliphatic carboxylic acids is 1. The molecule has 0 amide bonds. The quantitative estimate of drug-likeness (QED) is 0.766. The van der Waals surface area contributed by atoms with Crippen molar-refractivity contribution in [2.24, 2.45) is 23.2 Å². The number of ketones is 1. The van der Waals surface area contributed by atoms with Gasteiger partial charge in [0.15, 0.2) is 0 Å². The van der Waals surface area contributed by atoms with Crippen LogP contribution < -0.4 is 0 Å². The molecule has 18 heavy (non-hydrogen) atoms. The van der Waals surface area contributed by atoms with Crippen molar-refractivity contribution in [1.29, 1.82) is 0 Å². The van der Waals surface area contributed by atoms with Gasteiger partial charge in [0.25, 0.3) is 0 Å². The molecule has 2 rings (SSSR count). The second kappa shape index (κ2) is 4.52. The molecule has 3 heteroatoms. The lowest BCUT2D eigenvalue weighted by atomic mass is 9.70. The Morgan fingerprint density at radius 1 is 1.39 bits per heavy atom. The molecule has 2 aliphatic carbocycles. The minimum Gasteiger partial charge on any atom is -0.478 e. The van der Waals surface area contributed by atoms with Gasteiger partial charge in [-0.2, -0.15) is 0 Å². The zero-order valence-electron chi connectivity index (χ0n) is 11.2. The lowest BCUT2D eigenvalue weighted by molar-refractivity contribution is -0.134. The molecule has 0 aromatic rings. The van der Waals surface area contributed by atoms with E-state index in [0.717, 1.165) is 19.3 Å². The van der Waals surface area contributed by atoms with E-state index < -0.39 is 5.97 Å². The smallest absolute Gasteiger partial charge is 0.331 e. The van der Waals surface area contributed by atoms with Crippen molar-refractivity contribution in [2.45, 2.75) is 46.0 Å². The fourth-order valence-electron chi connectivity index (χ4n) is 4.03. The monoisotopic (exact) mass is 250 g/mol. The number of carbonyl (C=O) groups is 2. The summed E-state index contributed by atoms with van der Waals surface area (Å²) in [5.41, 5.74) is -0.0392. The van der Waals surface area contributed by atoms with Crippen LogP contribution in [0.1, 0.15) is 46.0 Å². The first-order chi connectivity index (χ1) is 8.36. The Balaban J connectivity index is 2.28. The Labute approximate surface area is 108 Å². The highest BCUT2D eigenvalue weighted by Gasteiger charge is 2.50. The van der Waals surface area contributed by atoms with Crippen LogP contribution in [0.3, 0.4) is 0 Å². The van der Waals surface area contributed by atoms with Crippen LogP contribution in [0, 0.1) is 23.2 Å². The van der Waals surface area contributed by atoms with Crippen molar-refractivity contribution < 1.29 is 14.7 Å². The summed E-state index contributed by atoms with van der Waals surface area (Å²) in [5, 5.41) is 9.10. The molecule has 0 aromatic heterocycles. The Morgan fingerprint density at radius 3 is 2.67 bits per heavy atom. The van der Waals surface area contributed by atoms with Crippen LogP contribution in [-0.4, -0.2) is 16.9 Å². The van der Waals surface area contributed by atoms with Crippen LogP contribution in [-0.2, 0) is 9.59 Å². The standard InChI is InChI=1S/C15H22O3/c1-9-4-5-11(10(2)14(17)18)8-15(3)12(9)6-7-13(15)16/h9,11-12H,2,4-8H2,1,3H3,(H,17,18)/t9-,11+,12-,15-/m0/s1. The third-order valence-electron chi connectivity index (χ3n) is 5.23. The molecule has 0 bridgehead atoms. The third-order valence-corrected chi connectivity index (χ3v) is 5.23. The maximum Gasteiger partial charge on any atom is 0.331 e. The van der Waals surface area contributed by atoms with Gasteiger partial charge in [0, 0.05) is 17.4 Å². The summed E-state index contributed by atoms with van der Waals surface area (Å²) < 4.78 is 0. The van der Waals surface area contributed by atoms with E-state index in [2.05, 4.69) is 13.5 Å². The molecular weight excluding hydrogens is 228 g/mol. The average Bonchev–Trinajstić information content (AvgIpc) is 2.52. The molecule has 0 aromatic carbocycles. The van der Waals surface area contributed by atoms with E-state index in [1.807, 2.05) is 6.92 Å². The van der Waals surface area contributed by atoms with Crippen LogP contribution >= 0.6 is 0 Å². The number of carboxylic acids is 1. The largest absolute Gasteiger partial charge is 0.478 e. The normalized spacial score (nSPS) is 40.1. The molecule has 0 heterocycles. The minimum atomic E-state index is -0.917. The molecule has 0 saturated heterocycles. The van der Waals surface area contributed by atoms with E-state index in [1.54, 1.807) is 0 Å². The summed E-state index contributed by atoms with van der Waals surface area (Å²) in [6.45, 7) is 7.94. The third kappa shape index (κ3) is 2.00. The number of carbonyl (C=O) groups excluding carboxylic acids is 1. The molecule has 3 nitrogen and oxygen atoms in total. The van der Waals surface area contributed by atoms with Crippen molar-refractivity contribution in [1.82, 2.24) is 0 Å². The van der Waals surface area contributed by atoms with E-state index in [-0.39, 0.29) is 16.9 Å². The van der Waals surface area contributed by atoms with Crippen LogP contribution in [0.15, 0.2) is 12.2 Å². The van der Waals surface area contributed by atoms with Gasteiger partial charge in [-0.05, 0) is 43.4 Å². The molecule has 4 atom stereocenters. The van der Waals surface area contributed by atoms with E-state index in [4.69, 9.17) is 5.11 Å². The lowest BCUT2D eigenvalue weighted by Gasteiger charge is -2.33. The van der Waals surface area contributed by atoms with E-state index in [1.165, 1.54) is 0 Å². The summed E-state index contributed by atoms with van der Waals surface area (Å²) in [7, 11) is 0. The molecule has 0 spiro atoms. The fraction of sp³-hybridized carbons (Fsp3) is 0.733. The molecule has 100 valence electrons. The topological polar surface area (TPSA) is 54.4 Å². The molecule has 2 aliphatic rings. The van der Waals surface area contributed by atoms with Crippen molar-refractivity contribution >= 4 is 11.8 Å². The average molecular weight is 250 g/mol. The van der Waals surface area contributed by atoms with Crippen LogP contribution in [0.4, 0.5) is 0 Å². The first-order valence-electron chi connectivity index (χ1n) is 6.81. The highest BCUT2D eigenvalue weighted by Crippen LogP contribution is 2.53. The second-order valence-corrected chi connectivity index (χ2v) is 6.27. The van der Waals surface area contributed by atoms with Gasteiger partial charge >= 0.3 is 5.97 Å². The van der Waals surface area contributed by atoms with Crippen molar-refractivity contribution in [3.8, 4) is 0 Å². The lowest BCUT2D eigenvalue weighted by Crippen LogP contribution is -2.33. The van der Waals surface area contributed by atoms with Gasteiger partial charge in [0.2, 0.25) is 0 Å². The summed E-state index contributed by atoms with van der Waals surface area (Å²) in [5.74, 6) is 0.302. The molecule has 1 N–H and O–H groups in total. The van der Waals surface area contributed by atoms with Gasteiger partial charge in [-0.1, -0.05) is 20.4 Å². The SMILES string of the molecule is C=C(C(=O)O)[C@@H]1CC[C@H](C)[C@@H]2CCC(=O)[C@@]2(C)C1. The Hall–Kier alpha value is -1.12. The van der Waals surface area contributed by atoms with Crippen molar-refractivity contribution in [3.63, 3.8) is 0 Å². The van der Waals surface area contributed by atoms with Gasteiger partial charge in [0.1, 0.15) is 5.78 Å². The predicted octanol–water partition coefficient (Wildman–Crippen LogP) is 3.05. The predicted molar refractivity (Wildman–Crippen MR) is 69.1 cm³/mol. The molecule has 2 saturated carbocycles. The number of carboxylic acid groups (broad SMARTS) is 1. The number of fused-ring (bicyclic) bond motifs is 1. The molecule has 0 unspecified atom stereocenters. The zero-order valence-corrected chi connectivity index (χ0v) is 11.2. The molecule has 0 radical (unpaired) electrons. The van der Waals surface area contributed by atoms with Crippen LogP contribution in [0.5, 0.6) is 0 Å². The Kier molecular flexibility index (Phi) is 3.35. The number of hydrogen-bond donors (Lipinski definition) is 1. The highest BCUT2D eigenvalue weighted by atomic mass is 16.4. The van der Waals surface area contributed by atoms with Gasteiger partial charge < -0.3 is 5.11 Å². The van der Waals surface area contributed by atoms with Crippen LogP contribution in [0.2, 0.25) is 0 Å². The van der Waals surface area contributed by atoms with Crippen molar-refractivity contribution in [3.05, 3.63) is 12.2 Å². The van der Waals surface area contributed by atoms with E-state index in [0.29, 0.717) is 30.5 Å². The van der Waals surface area contributed by atoms with Crippen molar-refractivity contribution in [2.75, 3.05) is 0 Å². The Morgan fingerprint density at radius 2 is 2.06 bits per heavy atom. The first kappa shape index (κ1) is 13.3. The first-order valence-corrected chi connectivity index (χ1v) is 6.81. The number of rotatable bonds is 2. The molecule has 0 aliphatic heterocycles. The van der Waals surface area contributed by atoms with E-state index >= 15 is 0 Å². The number of Topliss-reactive ketones (excluding diaryl/α,β-unsaturated/α-hetero) is 1. The minimum absolute atomic E-state index is 0.0398. The summed E-state index contributed by atoms with van der Waals surface area (Å²) in [6.07, 6.45) is 4.17. The number of hydrogen-bond acceptors (Lipinski definition) is 2. The van der Waals surface area contributed by atoms with E-state index in [9.17, 15) is 9.59 Å². The maximum atomic E-state index is 12.2. The summed E-state index contributed by atoms with van der Waals surface area (Å²) >= 11 is 0. The van der Waals surface area contributed by atoms with Gasteiger partial charge in [-0.15, -0.1) is 0 Å². The summed E-state index contributed by atoms with van der Waals surface area (Å²) in [6, 6.07) is 0. The second-order valence-electron chi connectivity index (χ2n) is 6.27. The molecule has 2 fully saturated rings. The van der Waals surface area contributed by atoms with Gasteiger partial charge in [-0.3, -0.25) is 4.79 Å². The van der Waals surface area contributed by atoms with Gasteiger partial charge in [0.05, 0.1) is 0 Å². The molecular formula is C15H22O3. The zero-order chi connectivity index (χ0) is 13.5. The van der Waals surface area contributed by atoms with Gasteiger partial charge in [-0.25, -0.2) is 4.79 Å².